The van der Waals surface area contributed by atoms with E-state index in [-0.39, 0.29) is 19.0 Å². The summed E-state index contributed by atoms with van der Waals surface area (Å²) in [6.07, 6.45) is 1.60. The lowest BCUT2D eigenvalue weighted by Crippen LogP contribution is -2.20. The number of rotatable bonds is 8. The van der Waals surface area contributed by atoms with E-state index < -0.39 is 5.97 Å². The predicted octanol–water partition coefficient (Wildman–Crippen LogP) is 3.42. The molecule has 0 fully saturated rings. The number of para-hydroxylation sites is 1. The van der Waals surface area contributed by atoms with Crippen LogP contribution in [-0.4, -0.2) is 29.5 Å². The molecule has 0 aliphatic rings. The van der Waals surface area contributed by atoms with Crippen LogP contribution in [0.15, 0.2) is 53.1 Å². The van der Waals surface area contributed by atoms with Crippen LogP contribution in [0.25, 0.3) is 0 Å². The van der Waals surface area contributed by atoms with E-state index in [0.29, 0.717) is 23.4 Å². The number of ether oxygens (including phenoxy) is 2. The van der Waals surface area contributed by atoms with Crippen LogP contribution in [-0.2, 0) is 16.1 Å². The largest absolute Gasteiger partial charge is 0.481 e. The van der Waals surface area contributed by atoms with Crippen LogP contribution < -0.4 is 4.74 Å². The van der Waals surface area contributed by atoms with E-state index in [1.165, 1.54) is 0 Å². The number of hydrogen-bond donors (Lipinski definition) is 0. The van der Waals surface area contributed by atoms with Gasteiger partial charge in [-0.25, -0.2) is 4.79 Å². The van der Waals surface area contributed by atoms with Crippen molar-refractivity contribution in [2.45, 2.75) is 20.4 Å². The molecule has 29 heavy (non-hydrogen) atoms. The lowest BCUT2D eigenvalue weighted by Gasteiger charge is -2.09. The first-order valence-electron chi connectivity index (χ1n) is 8.99. The molecule has 0 unspecified atom stereocenters. The van der Waals surface area contributed by atoms with Crippen LogP contribution in [0.1, 0.15) is 33.1 Å². The summed E-state index contributed by atoms with van der Waals surface area (Å²) in [5, 5.41) is 9.02. The maximum atomic E-state index is 12.5. The molecular formula is C22H20N2O5. The Morgan fingerprint density at radius 1 is 1.14 bits per heavy atom. The molecule has 0 spiro atoms. The Balaban J connectivity index is 1.56. The van der Waals surface area contributed by atoms with E-state index in [9.17, 15) is 9.59 Å². The van der Waals surface area contributed by atoms with E-state index in [1.54, 1.807) is 36.6 Å². The van der Waals surface area contributed by atoms with Crippen molar-refractivity contribution >= 4 is 11.8 Å². The maximum Gasteiger partial charge on any atom is 0.344 e. The fraction of sp³-hybridized carbons (Fsp3) is 0.227. The van der Waals surface area contributed by atoms with Crippen LogP contribution in [0.2, 0.25) is 0 Å². The van der Waals surface area contributed by atoms with Gasteiger partial charge < -0.3 is 18.5 Å². The minimum atomic E-state index is -0.685. The van der Waals surface area contributed by atoms with Crippen molar-refractivity contribution in [3.05, 3.63) is 77.0 Å². The number of nitrogens with zero attached hydrogens (tertiary/aromatic N) is 2. The van der Waals surface area contributed by atoms with E-state index in [1.807, 2.05) is 36.6 Å². The number of aryl methyl sites for hydroxylation is 1. The number of nitriles is 1. The first-order chi connectivity index (χ1) is 14.0. The van der Waals surface area contributed by atoms with Gasteiger partial charge in [-0.3, -0.25) is 4.79 Å². The van der Waals surface area contributed by atoms with Gasteiger partial charge in [0.1, 0.15) is 17.6 Å². The Morgan fingerprint density at radius 3 is 2.66 bits per heavy atom. The van der Waals surface area contributed by atoms with Crippen molar-refractivity contribution in [3.8, 4) is 11.8 Å². The molecule has 0 aliphatic heterocycles. The number of hydrogen-bond acceptors (Lipinski definition) is 6. The average molecular weight is 392 g/mol. The van der Waals surface area contributed by atoms with Gasteiger partial charge in [-0.1, -0.05) is 12.1 Å². The van der Waals surface area contributed by atoms with Gasteiger partial charge in [-0.05, 0) is 44.2 Å². The maximum absolute atomic E-state index is 12.5. The first kappa shape index (κ1) is 20.0. The summed E-state index contributed by atoms with van der Waals surface area (Å²) in [6, 6.07) is 14.0. The third kappa shape index (κ3) is 4.74. The zero-order valence-corrected chi connectivity index (χ0v) is 16.2. The molecule has 3 aromatic rings. The van der Waals surface area contributed by atoms with Crippen LogP contribution in [0.5, 0.6) is 5.75 Å². The van der Waals surface area contributed by atoms with Gasteiger partial charge in [-0.2, -0.15) is 5.26 Å². The highest BCUT2D eigenvalue weighted by Gasteiger charge is 2.18. The summed E-state index contributed by atoms with van der Waals surface area (Å²) in [5.41, 5.74) is 2.50. The molecule has 0 saturated heterocycles. The summed E-state index contributed by atoms with van der Waals surface area (Å²) in [4.78, 5) is 24.4. The molecule has 7 heteroatoms. The molecule has 0 saturated carbocycles. The SMILES string of the molecule is Cc1cc(C(=O)COC(=O)COc2ccccc2C#N)c(C)n1Cc1ccco1. The van der Waals surface area contributed by atoms with Gasteiger partial charge in [0.25, 0.3) is 0 Å². The molecule has 0 radical (unpaired) electrons. The fourth-order valence-electron chi connectivity index (χ4n) is 2.97. The fourth-order valence-corrected chi connectivity index (χ4v) is 2.97. The zero-order chi connectivity index (χ0) is 20.8. The van der Waals surface area contributed by atoms with Gasteiger partial charge >= 0.3 is 5.97 Å². The average Bonchev–Trinajstić information content (AvgIpc) is 3.34. The summed E-state index contributed by atoms with van der Waals surface area (Å²) >= 11 is 0. The second-order valence-corrected chi connectivity index (χ2v) is 6.43. The second kappa shape index (κ2) is 8.93. The minimum Gasteiger partial charge on any atom is -0.481 e. The molecule has 2 heterocycles. The Kier molecular flexibility index (Phi) is 6.15. The number of carbonyl (C=O) groups is 2. The first-order valence-corrected chi connectivity index (χ1v) is 8.99. The molecule has 7 nitrogen and oxygen atoms in total. The number of ketones is 1. The van der Waals surface area contributed by atoms with Gasteiger partial charge in [0.15, 0.2) is 13.2 Å². The molecule has 0 aliphatic carbocycles. The van der Waals surface area contributed by atoms with Crippen molar-refractivity contribution in [2.24, 2.45) is 0 Å². The highest BCUT2D eigenvalue weighted by molar-refractivity contribution is 5.99. The number of furan rings is 1. The number of Topliss-reactive ketones (excluding diaryl/α,β-unsaturated/α-hetero) is 1. The van der Waals surface area contributed by atoms with Crippen LogP contribution in [0.4, 0.5) is 0 Å². The highest BCUT2D eigenvalue weighted by atomic mass is 16.6. The second-order valence-electron chi connectivity index (χ2n) is 6.43. The Morgan fingerprint density at radius 2 is 1.93 bits per heavy atom. The van der Waals surface area contributed by atoms with E-state index in [4.69, 9.17) is 19.2 Å². The standard InChI is InChI=1S/C22H20N2O5/c1-15-10-19(16(2)24(15)12-18-7-5-9-27-18)20(25)13-29-22(26)14-28-21-8-4-3-6-17(21)11-23/h3-10H,12-14H2,1-2H3. The summed E-state index contributed by atoms with van der Waals surface area (Å²) in [5.74, 6) is 0.0943. The molecule has 0 atom stereocenters. The van der Waals surface area contributed by atoms with Gasteiger partial charge in [0.05, 0.1) is 18.4 Å². The lowest BCUT2D eigenvalue weighted by atomic mass is 10.1. The van der Waals surface area contributed by atoms with Crippen molar-refractivity contribution in [1.29, 1.82) is 5.26 Å². The lowest BCUT2D eigenvalue weighted by molar-refractivity contribution is -0.144. The van der Waals surface area contributed by atoms with Crippen molar-refractivity contribution in [1.82, 2.24) is 4.57 Å². The van der Waals surface area contributed by atoms with E-state index in [2.05, 4.69) is 0 Å². The van der Waals surface area contributed by atoms with Gasteiger partial charge in [-0.15, -0.1) is 0 Å². The summed E-state index contributed by atoms with van der Waals surface area (Å²) in [7, 11) is 0. The molecular weight excluding hydrogens is 372 g/mol. The third-order valence-corrected chi connectivity index (χ3v) is 4.49. The molecule has 0 bridgehead atoms. The molecule has 1 aromatic carbocycles. The van der Waals surface area contributed by atoms with Crippen molar-refractivity contribution in [3.63, 3.8) is 0 Å². The monoisotopic (exact) mass is 392 g/mol. The van der Waals surface area contributed by atoms with E-state index in [0.717, 1.165) is 17.1 Å². The Hall–Kier alpha value is -3.79. The zero-order valence-electron chi connectivity index (χ0n) is 16.2. The van der Waals surface area contributed by atoms with Crippen molar-refractivity contribution < 1.29 is 23.5 Å². The minimum absolute atomic E-state index is 0.291. The molecule has 3 rings (SSSR count). The number of esters is 1. The topological polar surface area (TPSA) is 94.5 Å². The molecule has 0 amide bonds. The predicted molar refractivity (Wildman–Crippen MR) is 104 cm³/mol. The van der Waals surface area contributed by atoms with Crippen LogP contribution >= 0.6 is 0 Å². The Labute approximate surface area is 168 Å². The van der Waals surface area contributed by atoms with Gasteiger partial charge in [0.2, 0.25) is 5.78 Å². The molecule has 148 valence electrons. The number of benzene rings is 1. The van der Waals surface area contributed by atoms with Gasteiger partial charge in [0, 0.05) is 17.0 Å². The third-order valence-electron chi connectivity index (χ3n) is 4.49. The normalized spacial score (nSPS) is 10.4. The number of aromatic nitrogens is 1. The quantitative estimate of drug-likeness (QED) is 0.431. The molecule has 2 aromatic heterocycles. The molecule has 0 N–H and O–H groups in total. The number of carbonyl (C=O) groups excluding carboxylic acids is 2. The summed E-state index contributed by atoms with van der Waals surface area (Å²) < 4.78 is 17.7. The van der Waals surface area contributed by atoms with E-state index >= 15 is 0 Å². The summed E-state index contributed by atoms with van der Waals surface area (Å²) in [6.45, 7) is 3.49. The van der Waals surface area contributed by atoms with Crippen molar-refractivity contribution in [2.75, 3.05) is 13.2 Å². The van der Waals surface area contributed by atoms with Crippen LogP contribution in [0.3, 0.4) is 0 Å². The highest BCUT2D eigenvalue weighted by Crippen LogP contribution is 2.19. The Bertz CT molecular complexity index is 1060. The smallest absolute Gasteiger partial charge is 0.344 e. The van der Waals surface area contributed by atoms with Crippen LogP contribution in [0, 0.1) is 25.2 Å².